The maximum atomic E-state index is 12.4. The summed E-state index contributed by atoms with van der Waals surface area (Å²) in [6, 6.07) is 12.1. The number of benzene rings is 1. The second-order valence-corrected chi connectivity index (χ2v) is 5.75. The lowest BCUT2D eigenvalue weighted by Gasteiger charge is -2.05. The molecule has 3 atom stereocenters. The summed E-state index contributed by atoms with van der Waals surface area (Å²) in [6.45, 7) is 0. The Bertz CT molecular complexity index is 760. The number of carbonyl (C=O) groups is 2. The van der Waals surface area contributed by atoms with Gasteiger partial charge in [0.05, 0.1) is 12.3 Å². The standard InChI is InChI=1S/C17H12ClNO3/c18-11-4-1-3-10(7-11)12-8-13(12)16(20)14(9-19)17(21)15-5-2-6-22-15/h1-7,12-14H,8H2/t12-,13-,14+/m1/s1. The average molecular weight is 314 g/mol. The molecule has 1 aliphatic rings. The first-order chi connectivity index (χ1) is 10.6. The third kappa shape index (κ3) is 2.68. The topological polar surface area (TPSA) is 71.1 Å². The predicted octanol–water partition coefficient (Wildman–Crippen LogP) is 3.63. The van der Waals surface area contributed by atoms with Crippen molar-refractivity contribution in [2.75, 3.05) is 0 Å². The number of halogens is 1. The Kier molecular flexibility index (Phi) is 3.82. The fourth-order valence-electron chi connectivity index (χ4n) is 2.64. The third-order valence-corrected chi connectivity index (χ3v) is 4.11. The summed E-state index contributed by atoms with van der Waals surface area (Å²) >= 11 is 5.95. The van der Waals surface area contributed by atoms with Crippen LogP contribution in [0.15, 0.2) is 47.1 Å². The van der Waals surface area contributed by atoms with Gasteiger partial charge < -0.3 is 4.42 Å². The molecule has 22 heavy (non-hydrogen) atoms. The lowest BCUT2D eigenvalue weighted by atomic mass is 9.94. The molecule has 0 saturated heterocycles. The van der Waals surface area contributed by atoms with Crippen LogP contribution >= 0.6 is 11.6 Å². The number of Topliss-reactive ketones (excluding diaryl/α,β-unsaturated/α-hetero) is 2. The SMILES string of the molecule is N#C[C@H](C(=O)c1ccco1)C(=O)[C@@H]1C[C@@H]1c1cccc(Cl)c1. The Balaban J connectivity index is 1.74. The Morgan fingerprint density at radius 3 is 2.77 bits per heavy atom. The summed E-state index contributed by atoms with van der Waals surface area (Å²) in [5.41, 5.74) is 0.966. The number of nitriles is 1. The number of hydrogen-bond donors (Lipinski definition) is 0. The Morgan fingerprint density at radius 1 is 1.32 bits per heavy atom. The van der Waals surface area contributed by atoms with E-state index in [4.69, 9.17) is 16.0 Å². The first kappa shape index (κ1) is 14.6. The highest BCUT2D eigenvalue weighted by Crippen LogP contribution is 2.49. The van der Waals surface area contributed by atoms with Crippen LogP contribution in [-0.4, -0.2) is 11.6 Å². The van der Waals surface area contributed by atoms with E-state index in [0.29, 0.717) is 11.4 Å². The molecule has 5 heteroatoms. The van der Waals surface area contributed by atoms with Gasteiger partial charge in [-0.05, 0) is 42.2 Å². The third-order valence-electron chi connectivity index (χ3n) is 3.87. The van der Waals surface area contributed by atoms with Crippen molar-refractivity contribution in [2.24, 2.45) is 11.8 Å². The van der Waals surface area contributed by atoms with Gasteiger partial charge in [0, 0.05) is 10.9 Å². The second kappa shape index (κ2) is 5.78. The summed E-state index contributed by atoms with van der Waals surface area (Å²) in [7, 11) is 0. The Hall–Kier alpha value is -2.38. The molecule has 0 amide bonds. The van der Waals surface area contributed by atoms with Gasteiger partial charge in [-0.2, -0.15) is 5.26 Å². The summed E-state index contributed by atoms with van der Waals surface area (Å²) in [6.07, 6.45) is 1.99. The van der Waals surface area contributed by atoms with E-state index >= 15 is 0 Å². The smallest absolute Gasteiger partial charge is 0.222 e. The number of ketones is 2. The van der Waals surface area contributed by atoms with Gasteiger partial charge in [0.15, 0.2) is 17.5 Å². The molecule has 0 radical (unpaired) electrons. The molecular formula is C17H12ClNO3. The number of carbonyl (C=O) groups excluding carboxylic acids is 2. The van der Waals surface area contributed by atoms with Crippen molar-refractivity contribution in [3.63, 3.8) is 0 Å². The van der Waals surface area contributed by atoms with Gasteiger partial charge in [-0.1, -0.05) is 23.7 Å². The molecule has 1 heterocycles. The van der Waals surface area contributed by atoms with Gasteiger partial charge in [0.2, 0.25) is 5.78 Å². The van der Waals surface area contributed by atoms with Crippen LogP contribution in [0.5, 0.6) is 0 Å². The Morgan fingerprint density at radius 2 is 2.14 bits per heavy atom. The number of rotatable bonds is 5. The largest absolute Gasteiger partial charge is 0.461 e. The Labute approximate surface area is 132 Å². The van der Waals surface area contributed by atoms with Crippen LogP contribution in [0.1, 0.15) is 28.5 Å². The van der Waals surface area contributed by atoms with Crippen molar-refractivity contribution >= 4 is 23.2 Å². The molecule has 1 aromatic carbocycles. The van der Waals surface area contributed by atoms with Gasteiger partial charge in [-0.25, -0.2) is 0 Å². The molecular weight excluding hydrogens is 302 g/mol. The zero-order valence-corrected chi connectivity index (χ0v) is 12.3. The van der Waals surface area contributed by atoms with Crippen LogP contribution < -0.4 is 0 Å². The van der Waals surface area contributed by atoms with E-state index < -0.39 is 11.7 Å². The lowest BCUT2D eigenvalue weighted by molar-refractivity contribution is -0.121. The van der Waals surface area contributed by atoms with E-state index in [9.17, 15) is 14.9 Å². The van der Waals surface area contributed by atoms with Gasteiger partial charge >= 0.3 is 0 Å². The van der Waals surface area contributed by atoms with Crippen LogP contribution in [0.4, 0.5) is 0 Å². The fourth-order valence-corrected chi connectivity index (χ4v) is 2.84. The highest BCUT2D eigenvalue weighted by atomic mass is 35.5. The molecule has 4 nitrogen and oxygen atoms in total. The van der Waals surface area contributed by atoms with Crippen LogP contribution in [0, 0.1) is 23.2 Å². The predicted molar refractivity (Wildman–Crippen MR) is 79.4 cm³/mol. The molecule has 0 N–H and O–H groups in total. The van der Waals surface area contributed by atoms with Crippen molar-refractivity contribution in [3.8, 4) is 6.07 Å². The summed E-state index contributed by atoms with van der Waals surface area (Å²) in [5, 5.41) is 9.80. The molecule has 0 aliphatic heterocycles. The van der Waals surface area contributed by atoms with Gasteiger partial charge in [-0.3, -0.25) is 9.59 Å². The number of furan rings is 1. The molecule has 1 aromatic heterocycles. The molecule has 0 unspecified atom stereocenters. The minimum Gasteiger partial charge on any atom is -0.461 e. The molecule has 3 rings (SSSR count). The van der Waals surface area contributed by atoms with E-state index in [0.717, 1.165) is 5.56 Å². The summed E-state index contributed by atoms with van der Waals surface area (Å²) in [5.74, 6) is -2.45. The van der Waals surface area contributed by atoms with Crippen LogP contribution in [0.2, 0.25) is 5.02 Å². The molecule has 2 aromatic rings. The molecule has 0 bridgehead atoms. The van der Waals surface area contributed by atoms with Crippen molar-refractivity contribution in [3.05, 3.63) is 59.0 Å². The van der Waals surface area contributed by atoms with E-state index in [1.165, 1.54) is 12.3 Å². The molecule has 1 aliphatic carbocycles. The summed E-state index contributed by atoms with van der Waals surface area (Å²) < 4.78 is 4.99. The first-order valence-electron chi connectivity index (χ1n) is 6.88. The lowest BCUT2D eigenvalue weighted by Crippen LogP contribution is -2.24. The van der Waals surface area contributed by atoms with E-state index in [1.54, 1.807) is 12.1 Å². The first-order valence-corrected chi connectivity index (χ1v) is 7.26. The molecule has 0 spiro atoms. The van der Waals surface area contributed by atoms with Gasteiger partial charge in [0.1, 0.15) is 0 Å². The normalized spacial score (nSPS) is 20.9. The number of hydrogen-bond acceptors (Lipinski definition) is 4. The second-order valence-electron chi connectivity index (χ2n) is 5.31. The minimum absolute atomic E-state index is 0.0338. The molecule has 1 saturated carbocycles. The quantitative estimate of drug-likeness (QED) is 0.624. The van der Waals surface area contributed by atoms with E-state index in [1.807, 2.05) is 24.3 Å². The highest BCUT2D eigenvalue weighted by Gasteiger charge is 2.48. The van der Waals surface area contributed by atoms with E-state index in [2.05, 4.69) is 0 Å². The van der Waals surface area contributed by atoms with Crippen LogP contribution in [0.25, 0.3) is 0 Å². The minimum atomic E-state index is -1.31. The average Bonchev–Trinajstić information content (AvgIpc) is 3.13. The maximum Gasteiger partial charge on any atom is 0.222 e. The van der Waals surface area contributed by atoms with Crippen LogP contribution in [0.3, 0.4) is 0 Å². The van der Waals surface area contributed by atoms with Gasteiger partial charge in [-0.15, -0.1) is 0 Å². The van der Waals surface area contributed by atoms with Crippen molar-refractivity contribution < 1.29 is 14.0 Å². The van der Waals surface area contributed by atoms with E-state index in [-0.39, 0.29) is 23.4 Å². The molecule has 110 valence electrons. The van der Waals surface area contributed by atoms with Crippen LogP contribution in [-0.2, 0) is 4.79 Å². The highest BCUT2D eigenvalue weighted by molar-refractivity contribution is 6.30. The maximum absolute atomic E-state index is 12.4. The monoisotopic (exact) mass is 313 g/mol. The fraction of sp³-hybridized carbons (Fsp3) is 0.235. The van der Waals surface area contributed by atoms with Crippen molar-refractivity contribution in [2.45, 2.75) is 12.3 Å². The zero-order chi connectivity index (χ0) is 15.7. The number of nitrogens with zero attached hydrogens (tertiary/aromatic N) is 1. The van der Waals surface area contributed by atoms with Crippen molar-refractivity contribution in [1.82, 2.24) is 0 Å². The summed E-state index contributed by atoms with van der Waals surface area (Å²) in [4.78, 5) is 24.6. The zero-order valence-electron chi connectivity index (χ0n) is 11.5. The van der Waals surface area contributed by atoms with Crippen molar-refractivity contribution in [1.29, 1.82) is 5.26 Å². The molecule has 1 fully saturated rings. The van der Waals surface area contributed by atoms with Gasteiger partial charge in [0.25, 0.3) is 0 Å².